The summed E-state index contributed by atoms with van der Waals surface area (Å²) in [7, 11) is 0. The molecule has 0 bridgehead atoms. The summed E-state index contributed by atoms with van der Waals surface area (Å²) in [6, 6.07) is 13.1. The Labute approximate surface area is 123 Å². The van der Waals surface area contributed by atoms with Gasteiger partial charge < -0.3 is 15.7 Å². The number of hydrogen-bond acceptors (Lipinski definition) is 3. The highest BCUT2D eigenvalue weighted by Crippen LogP contribution is 2.22. The quantitative estimate of drug-likeness (QED) is 0.746. The van der Waals surface area contributed by atoms with E-state index in [0.717, 1.165) is 10.8 Å². The van der Waals surface area contributed by atoms with Gasteiger partial charge >= 0.3 is 11.8 Å². The van der Waals surface area contributed by atoms with Crippen LogP contribution in [-0.2, 0) is 9.59 Å². The third kappa shape index (κ3) is 3.79. The lowest BCUT2D eigenvalue weighted by Crippen LogP contribution is -2.38. The second-order valence-corrected chi connectivity index (χ2v) is 4.98. The zero-order valence-corrected chi connectivity index (χ0v) is 11.8. The van der Waals surface area contributed by atoms with Gasteiger partial charge in [0.2, 0.25) is 0 Å². The first-order valence-electron chi connectivity index (χ1n) is 6.79. The molecule has 0 aromatic heterocycles. The molecule has 2 aromatic carbocycles. The SMILES string of the molecule is CC(CO)CNC(=O)C(=O)Nc1cccc2ccccc12. The minimum atomic E-state index is -0.712. The molecule has 0 saturated carbocycles. The number of rotatable bonds is 4. The first-order chi connectivity index (χ1) is 10.1. The molecule has 110 valence electrons. The molecule has 5 nitrogen and oxygen atoms in total. The van der Waals surface area contributed by atoms with Crippen LogP contribution in [0.5, 0.6) is 0 Å². The van der Waals surface area contributed by atoms with Gasteiger partial charge in [0.05, 0.1) is 0 Å². The maximum Gasteiger partial charge on any atom is 0.313 e. The smallest absolute Gasteiger partial charge is 0.313 e. The largest absolute Gasteiger partial charge is 0.396 e. The fraction of sp³-hybridized carbons (Fsp3) is 0.250. The molecule has 0 fully saturated rings. The summed E-state index contributed by atoms with van der Waals surface area (Å²) >= 11 is 0. The van der Waals surface area contributed by atoms with Crippen LogP contribution in [0.2, 0.25) is 0 Å². The number of nitrogens with one attached hydrogen (secondary N) is 2. The molecule has 2 rings (SSSR count). The molecule has 0 heterocycles. The number of carbonyl (C=O) groups is 2. The van der Waals surface area contributed by atoms with E-state index in [1.165, 1.54) is 0 Å². The molecule has 3 N–H and O–H groups in total. The van der Waals surface area contributed by atoms with Gasteiger partial charge in [-0.25, -0.2) is 0 Å². The number of benzene rings is 2. The summed E-state index contributed by atoms with van der Waals surface area (Å²) in [5, 5.41) is 15.9. The van der Waals surface area contributed by atoms with Crippen LogP contribution in [0, 0.1) is 5.92 Å². The number of carbonyl (C=O) groups excluding carboxylic acids is 2. The lowest BCUT2D eigenvalue weighted by Gasteiger charge is -2.11. The van der Waals surface area contributed by atoms with Crippen LogP contribution >= 0.6 is 0 Å². The van der Waals surface area contributed by atoms with Gasteiger partial charge in [0.15, 0.2) is 0 Å². The van der Waals surface area contributed by atoms with Gasteiger partial charge in [0, 0.05) is 24.2 Å². The van der Waals surface area contributed by atoms with Crippen molar-refractivity contribution in [3.63, 3.8) is 0 Å². The Bertz CT molecular complexity index is 650. The van der Waals surface area contributed by atoms with Gasteiger partial charge in [0.25, 0.3) is 0 Å². The van der Waals surface area contributed by atoms with Crippen molar-refractivity contribution in [2.45, 2.75) is 6.92 Å². The third-order valence-electron chi connectivity index (χ3n) is 3.17. The van der Waals surface area contributed by atoms with E-state index in [9.17, 15) is 9.59 Å². The van der Waals surface area contributed by atoms with Crippen molar-refractivity contribution in [2.24, 2.45) is 5.92 Å². The van der Waals surface area contributed by atoms with Gasteiger partial charge in [-0.15, -0.1) is 0 Å². The topological polar surface area (TPSA) is 78.4 Å². The average molecular weight is 286 g/mol. The minimum Gasteiger partial charge on any atom is -0.396 e. The van der Waals surface area contributed by atoms with E-state index in [0.29, 0.717) is 5.69 Å². The molecule has 2 aromatic rings. The fourth-order valence-electron chi connectivity index (χ4n) is 1.93. The number of aliphatic hydroxyl groups excluding tert-OH is 1. The van der Waals surface area contributed by atoms with E-state index in [1.807, 2.05) is 36.4 Å². The van der Waals surface area contributed by atoms with Crippen LogP contribution in [0.25, 0.3) is 10.8 Å². The van der Waals surface area contributed by atoms with Crippen molar-refractivity contribution >= 4 is 28.3 Å². The zero-order valence-electron chi connectivity index (χ0n) is 11.8. The van der Waals surface area contributed by atoms with Crippen LogP contribution in [0.15, 0.2) is 42.5 Å². The summed E-state index contributed by atoms with van der Waals surface area (Å²) in [6.07, 6.45) is 0. The van der Waals surface area contributed by atoms with Crippen molar-refractivity contribution in [2.75, 3.05) is 18.5 Å². The molecular weight excluding hydrogens is 268 g/mol. The predicted octanol–water partition coefficient (Wildman–Crippen LogP) is 1.52. The van der Waals surface area contributed by atoms with Gasteiger partial charge in [0.1, 0.15) is 0 Å². The van der Waals surface area contributed by atoms with Crippen LogP contribution in [0.1, 0.15) is 6.92 Å². The Morgan fingerprint density at radius 2 is 1.81 bits per heavy atom. The van der Waals surface area contributed by atoms with Gasteiger partial charge in [-0.05, 0) is 17.4 Å². The third-order valence-corrected chi connectivity index (χ3v) is 3.17. The number of hydrogen-bond donors (Lipinski definition) is 3. The van der Waals surface area contributed by atoms with Crippen molar-refractivity contribution in [1.82, 2.24) is 5.32 Å². The Hall–Kier alpha value is -2.40. The van der Waals surface area contributed by atoms with Crippen LogP contribution in [-0.4, -0.2) is 30.1 Å². The lowest BCUT2D eigenvalue weighted by molar-refractivity contribution is -0.136. The normalized spacial score (nSPS) is 11.9. The second-order valence-electron chi connectivity index (χ2n) is 4.98. The van der Waals surface area contributed by atoms with E-state index >= 15 is 0 Å². The average Bonchev–Trinajstić information content (AvgIpc) is 2.52. The molecule has 2 amide bonds. The summed E-state index contributed by atoms with van der Waals surface area (Å²) in [4.78, 5) is 23.6. The molecule has 0 aliphatic heterocycles. The maximum atomic E-state index is 11.9. The van der Waals surface area contributed by atoms with Crippen molar-refractivity contribution in [3.05, 3.63) is 42.5 Å². The van der Waals surface area contributed by atoms with E-state index < -0.39 is 11.8 Å². The standard InChI is InChI=1S/C16H18N2O3/c1-11(10-19)9-17-15(20)16(21)18-14-8-4-6-12-5-2-3-7-13(12)14/h2-8,11,19H,9-10H2,1H3,(H,17,20)(H,18,21). The van der Waals surface area contributed by atoms with Crippen LogP contribution < -0.4 is 10.6 Å². The molecule has 5 heteroatoms. The van der Waals surface area contributed by atoms with E-state index in [4.69, 9.17) is 5.11 Å². The summed E-state index contributed by atoms with van der Waals surface area (Å²) in [6.45, 7) is 2.01. The van der Waals surface area contributed by atoms with Crippen LogP contribution in [0.4, 0.5) is 5.69 Å². The highest BCUT2D eigenvalue weighted by atomic mass is 16.3. The Balaban J connectivity index is 2.06. The number of amides is 2. The zero-order chi connectivity index (χ0) is 15.2. The molecule has 0 radical (unpaired) electrons. The first-order valence-corrected chi connectivity index (χ1v) is 6.79. The second kappa shape index (κ2) is 6.85. The molecule has 0 aliphatic rings. The molecule has 0 saturated heterocycles. The number of aliphatic hydroxyl groups is 1. The molecular formula is C16H18N2O3. The number of fused-ring (bicyclic) bond motifs is 1. The summed E-state index contributed by atoms with van der Waals surface area (Å²) < 4.78 is 0. The van der Waals surface area contributed by atoms with Crippen molar-refractivity contribution in [3.8, 4) is 0 Å². The van der Waals surface area contributed by atoms with E-state index in [-0.39, 0.29) is 19.1 Å². The summed E-state index contributed by atoms with van der Waals surface area (Å²) in [5.41, 5.74) is 0.600. The highest BCUT2D eigenvalue weighted by molar-refractivity contribution is 6.40. The van der Waals surface area contributed by atoms with E-state index in [1.54, 1.807) is 13.0 Å². The monoisotopic (exact) mass is 286 g/mol. The predicted molar refractivity (Wildman–Crippen MR) is 81.8 cm³/mol. The molecule has 21 heavy (non-hydrogen) atoms. The van der Waals surface area contributed by atoms with Crippen LogP contribution in [0.3, 0.4) is 0 Å². The van der Waals surface area contributed by atoms with Gasteiger partial charge in [-0.1, -0.05) is 43.3 Å². The Kier molecular flexibility index (Phi) is 4.90. The Morgan fingerprint density at radius 1 is 1.10 bits per heavy atom. The number of anilines is 1. The molecule has 1 unspecified atom stereocenters. The summed E-state index contributed by atoms with van der Waals surface area (Å²) in [5.74, 6) is -1.50. The minimum absolute atomic E-state index is 0.0365. The maximum absolute atomic E-state index is 11.9. The first kappa shape index (κ1) is 15.0. The Morgan fingerprint density at radius 3 is 2.57 bits per heavy atom. The molecule has 1 atom stereocenters. The van der Waals surface area contributed by atoms with Gasteiger partial charge in [-0.2, -0.15) is 0 Å². The lowest BCUT2D eigenvalue weighted by atomic mass is 10.1. The van der Waals surface area contributed by atoms with Gasteiger partial charge in [-0.3, -0.25) is 9.59 Å². The van der Waals surface area contributed by atoms with E-state index in [2.05, 4.69) is 10.6 Å². The highest BCUT2D eigenvalue weighted by Gasteiger charge is 2.15. The molecule has 0 aliphatic carbocycles. The van der Waals surface area contributed by atoms with Crippen molar-refractivity contribution in [1.29, 1.82) is 0 Å². The fourth-order valence-corrected chi connectivity index (χ4v) is 1.93. The van der Waals surface area contributed by atoms with Crippen molar-refractivity contribution < 1.29 is 14.7 Å². The molecule has 0 spiro atoms.